The van der Waals surface area contributed by atoms with Gasteiger partial charge in [0.2, 0.25) is 0 Å². The van der Waals surface area contributed by atoms with E-state index in [-0.39, 0.29) is 23.8 Å². The lowest BCUT2D eigenvalue weighted by molar-refractivity contribution is -0.136. The summed E-state index contributed by atoms with van der Waals surface area (Å²) in [5, 5.41) is 30.7. The second kappa shape index (κ2) is 10.2. The van der Waals surface area contributed by atoms with Crippen LogP contribution < -0.4 is 10.6 Å². The lowest BCUT2D eigenvalue weighted by Crippen LogP contribution is -2.52. The molecule has 3 aliphatic rings. The average Bonchev–Trinajstić information content (AvgIpc) is 3.34. The average molecular weight is 543 g/mol. The molecule has 2 aliphatic heterocycles. The third-order valence-corrected chi connectivity index (χ3v) is 8.34. The van der Waals surface area contributed by atoms with Gasteiger partial charge in [0.15, 0.2) is 5.82 Å². The number of rotatable bonds is 4. The summed E-state index contributed by atoms with van der Waals surface area (Å²) in [5.41, 5.74) is 1.38. The van der Waals surface area contributed by atoms with E-state index in [9.17, 15) is 24.9 Å². The molecule has 0 bridgehead atoms. The predicted octanol–water partition coefficient (Wildman–Crippen LogP) is 2.26. The molecule has 13 nitrogen and oxygen atoms in total. The van der Waals surface area contributed by atoms with Crippen LogP contribution in [0.25, 0.3) is 21.9 Å². The summed E-state index contributed by atoms with van der Waals surface area (Å²) in [5.74, 6) is -0.723. The lowest BCUT2D eigenvalue weighted by atomic mass is 9.93. The van der Waals surface area contributed by atoms with Gasteiger partial charge < -0.3 is 20.5 Å². The molecule has 206 valence electrons. The van der Waals surface area contributed by atoms with Gasteiger partial charge in [-0.05, 0) is 50.0 Å². The molecule has 3 aromatic heterocycles. The van der Waals surface area contributed by atoms with Crippen molar-refractivity contribution < 1.29 is 14.4 Å². The highest BCUT2D eigenvalue weighted by Gasteiger charge is 2.42. The predicted molar refractivity (Wildman–Crippen MR) is 143 cm³/mol. The molecule has 3 N–H and O–H groups in total. The third-order valence-electron chi connectivity index (χ3n) is 8.34. The van der Waals surface area contributed by atoms with Gasteiger partial charge in [0.1, 0.15) is 17.7 Å². The van der Waals surface area contributed by atoms with Crippen LogP contribution in [0.2, 0.25) is 0 Å². The Morgan fingerprint density at radius 3 is 2.52 bits per heavy atom. The number of carbonyl (C=O) groups is 3. The minimum absolute atomic E-state index is 0.122. The molecule has 0 spiro atoms. The van der Waals surface area contributed by atoms with E-state index in [0.29, 0.717) is 55.8 Å². The van der Waals surface area contributed by atoms with E-state index in [2.05, 4.69) is 39.7 Å². The van der Waals surface area contributed by atoms with Gasteiger partial charge in [0.25, 0.3) is 0 Å². The minimum Gasteiger partial charge on any atom is -0.348 e. The van der Waals surface area contributed by atoms with Gasteiger partial charge in [-0.25, -0.2) is 9.78 Å². The summed E-state index contributed by atoms with van der Waals surface area (Å²) in [6, 6.07) is 4.38. The number of aromatic amines is 1. The molecule has 0 aromatic carbocycles. The highest BCUT2D eigenvalue weighted by Crippen LogP contribution is 2.37. The maximum absolute atomic E-state index is 13.6. The minimum atomic E-state index is -0.797. The zero-order valence-corrected chi connectivity index (χ0v) is 22.1. The van der Waals surface area contributed by atoms with Crippen molar-refractivity contribution in [3.63, 3.8) is 0 Å². The summed E-state index contributed by atoms with van der Waals surface area (Å²) in [7, 11) is 0. The first-order chi connectivity index (χ1) is 19.4. The number of H-pyrrole nitrogens is 1. The topological polar surface area (TPSA) is 176 Å². The largest absolute Gasteiger partial charge is 0.348 e. The van der Waals surface area contributed by atoms with Crippen molar-refractivity contribution in [2.24, 2.45) is 11.8 Å². The Hall–Kier alpha value is -4.65. The van der Waals surface area contributed by atoms with Crippen molar-refractivity contribution in [2.45, 2.75) is 57.2 Å². The van der Waals surface area contributed by atoms with E-state index in [1.807, 2.05) is 10.7 Å². The zero-order valence-electron chi connectivity index (χ0n) is 22.1. The number of fused-ring (bicyclic) bond motifs is 3. The number of likely N-dealkylation sites (tertiary alicyclic amines) is 2. The van der Waals surface area contributed by atoms with Gasteiger partial charge in [-0.3, -0.25) is 19.2 Å². The van der Waals surface area contributed by atoms with E-state index in [1.165, 1.54) is 4.90 Å². The Morgan fingerprint density at radius 1 is 1.07 bits per heavy atom. The van der Waals surface area contributed by atoms with Gasteiger partial charge in [-0.2, -0.15) is 15.6 Å². The third kappa shape index (κ3) is 4.47. The quantitative estimate of drug-likeness (QED) is 0.424. The van der Waals surface area contributed by atoms with Crippen LogP contribution in [-0.4, -0.2) is 79.1 Å². The van der Waals surface area contributed by atoms with Crippen LogP contribution in [0.15, 0.2) is 18.5 Å². The molecule has 0 unspecified atom stereocenters. The van der Waals surface area contributed by atoms with Gasteiger partial charge in [-0.15, -0.1) is 0 Å². The van der Waals surface area contributed by atoms with Crippen molar-refractivity contribution in [1.82, 2.24) is 34.9 Å². The van der Waals surface area contributed by atoms with Crippen LogP contribution in [0, 0.1) is 34.5 Å². The Bertz CT molecular complexity index is 1550. The second-order valence-electron chi connectivity index (χ2n) is 11.0. The van der Waals surface area contributed by atoms with Crippen LogP contribution in [-0.2, 0) is 9.59 Å². The van der Waals surface area contributed by atoms with Crippen LogP contribution >= 0.6 is 0 Å². The van der Waals surface area contributed by atoms with Crippen LogP contribution in [0.1, 0.15) is 45.1 Å². The summed E-state index contributed by atoms with van der Waals surface area (Å²) < 4.78 is 1.82. The highest BCUT2D eigenvalue weighted by atomic mass is 16.2. The number of nitrogens with zero attached hydrogens (tertiary/aromatic N) is 7. The molecule has 2 saturated heterocycles. The summed E-state index contributed by atoms with van der Waals surface area (Å²) in [6.07, 6.45) is 7.15. The number of pyridine rings is 1. The zero-order chi connectivity index (χ0) is 28.0. The van der Waals surface area contributed by atoms with Gasteiger partial charge in [0, 0.05) is 37.4 Å². The van der Waals surface area contributed by atoms with Gasteiger partial charge in [-0.1, -0.05) is 6.92 Å². The molecule has 1 aliphatic carbocycles. The fourth-order valence-electron chi connectivity index (χ4n) is 5.80. The van der Waals surface area contributed by atoms with Crippen molar-refractivity contribution in [1.29, 1.82) is 10.5 Å². The van der Waals surface area contributed by atoms with Crippen molar-refractivity contribution in [3.8, 4) is 12.1 Å². The van der Waals surface area contributed by atoms with Crippen LogP contribution in [0.4, 0.5) is 10.6 Å². The smallest absolute Gasteiger partial charge is 0.322 e. The number of aromatic nitrogens is 4. The monoisotopic (exact) mass is 542 g/mol. The van der Waals surface area contributed by atoms with Gasteiger partial charge in [0.05, 0.1) is 29.1 Å². The van der Waals surface area contributed by atoms with E-state index in [0.717, 1.165) is 23.7 Å². The first-order valence-corrected chi connectivity index (χ1v) is 13.7. The molecule has 5 heterocycles. The van der Waals surface area contributed by atoms with Crippen LogP contribution in [0.5, 0.6) is 0 Å². The molecule has 13 heteroatoms. The number of hydrogen-bond acceptors (Lipinski definition) is 7. The Kier molecular flexibility index (Phi) is 6.50. The van der Waals surface area contributed by atoms with Crippen molar-refractivity contribution in [3.05, 3.63) is 18.5 Å². The fraction of sp³-hybridized carbons (Fsp3) is 0.519. The number of carbonyl (C=O) groups excluding carboxylic acids is 3. The van der Waals surface area contributed by atoms with E-state index in [4.69, 9.17) is 5.10 Å². The standard InChI is InChI=1S/C27H30N10O3/c1-15-7-9-35(27(40)36-17(10-28)4-5-18(36)11-29)14-21(15)37-22-19-6-8-30-23(19)31-13-20(22)24(34-37)33-26(39)25(38)32-12-16-2-3-16/h6,8,13,15-18,21H,2-5,7,9,12,14H2,1H3,(H,30,31)(H,32,38)(H,33,34,39)/t15-,17-,18+,21+/m1/s1. The number of urea groups is 1. The maximum Gasteiger partial charge on any atom is 0.322 e. The molecule has 3 aromatic rings. The SMILES string of the molecule is C[C@@H]1CCN(C(=O)N2[C@H](C#N)CC[C@@H]2C#N)C[C@@H]1n1nc(NC(=O)C(=O)NCC2CC2)c2cnc3[nH]ccc3c21. The van der Waals surface area contributed by atoms with Crippen LogP contribution in [0.3, 0.4) is 0 Å². The molecule has 6 rings (SSSR count). The van der Waals surface area contributed by atoms with E-state index >= 15 is 0 Å². The molecule has 3 fully saturated rings. The van der Waals surface area contributed by atoms with Gasteiger partial charge >= 0.3 is 17.8 Å². The summed E-state index contributed by atoms with van der Waals surface area (Å²) in [4.78, 5) is 49.4. The number of nitrogens with one attached hydrogen (secondary N) is 3. The Balaban J connectivity index is 1.32. The second-order valence-corrected chi connectivity index (χ2v) is 11.0. The first kappa shape index (κ1) is 25.6. The lowest BCUT2D eigenvalue weighted by Gasteiger charge is -2.40. The summed E-state index contributed by atoms with van der Waals surface area (Å²) in [6.45, 7) is 3.37. The molecule has 1 saturated carbocycles. The fourth-order valence-corrected chi connectivity index (χ4v) is 5.80. The number of amides is 4. The first-order valence-electron chi connectivity index (χ1n) is 13.7. The van der Waals surface area contributed by atoms with Crippen molar-refractivity contribution >= 4 is 45.6 Å². The number of nitriles is 2. The summed E-state index contributed by atoms with van der Waals surface area (Å²) >= 11 is 0. The Labute approximate surface area is 230 Å². The number of anilines is 1. The van der Waals surface area contributed by atoms with E-state index < -0.39 is 23.9 Å². The maximum atomic E-state index is 13.6. The number of piperidine rings is 1. The highest BCUT2D eigenvalue weighted by molar-refractivity contribution is 6.40. The molecule has 0 radical (unpaired) electrons. The molecular formula is C27H30N10O3. The number of hydrogen-bond donors (Lipinski definition) is 3. The molecular weight excluding hydrogens is 512 g/mol. The van der Waals surface area contributed by atoms with E-state index in [1.54, 1.807) is 17.3 Å². The molecule has 40 heavy (non-hydrogen) atoms. The Morgan fingerprint density at radius 2 is 1.82 bits per heavy atom. The molecule has 4 atom stereocenters. The normalized spacial score (nSPS) is 24.6. The van der Waals surface area contributed by atoms with Crippen molar-refractivity contribution in [2.75, 3.05) is 25.0 Å². The molecule has 4 amide bonds.